The minimum atomic E-state index is -0.509. The van der Waals surface area contributed by atoms with E-state index >= 15 is 0 Å². The van der Waals surface area contributed by atoms with Crippen molar-refractivity contribution in [3.8, 4) is 11.8 Å². The number of fused-ring (bicyclic) bond motifs is 2. The van der Waals surface area contributed by atoms with Crippen molar-refractivity contribution in [3.63, 3.8) is 0 Å². The number of hydrogen-bond donors (Lipinski definition) is 1. The molecular weight excluding hydrogens is 456 g/mol. The minimum Gasteiger partial charge on any atom is -0.508 e. The molecule has 8 heteroatoms. The summed E-state index contributed by atoms with van der Waals surface area (Å²) in [5.41, 5.74) is 2.80. The molecule has 0 bridgehead atoms. The fourth-order valence-electron chi connectivity index (χ4n) is 5.28. The zero-order valence-corrected chi connectivity index (χ0v) is 21.5. The van der Waals surface area contributed by atoms with E-state index in [1.165, 1.54) is 5.39 Å². The Labute approximate surface area is 211 Å². The Morgan fingerprint density at radius 2 is 1.83 bits per heavy atom. The largest absolute Gasteiger partial charge is 0.508 e. The molecule has 0 radical (unpaired) electrons. The number of anilines is 1. The molecule has 5 rings (SSSR count). The number of carbonyl (C=O) groups is 1. The number of piperazine rings is 1. The maximum atomic E-state index is 12.5. The standard InChI is InChI=1S/C28H34N4O4/c1-28(2,3)36-27(34)32-13-11-31(12-14-32)25-22-10-9-19(16-24(22)29-26(30-25)35-4)23-17-20(33)15-18-7-5-6-8-21(18)23/h5-8,15,17,19,33H,9-14,16H2,1-4H3. The van der Waals surface area contributed by atoms with Crippen molar-refractivity contribution in [1.29, 1.82) is 0 Å². The summed E-state index contributed by atoms with van der Waals surface area (Å²) in [7, 11) is 1.59. The third kappa shape index (κ3) is 4.90. The number of methoxy groups -OCH3 is 1. The SMILES string of the molecule is COc1nc2c(c(N3CCN(C(=O)OC(C)(C)C)CC3)n1)CCC(c1cc(O)cc3ccccc13)C2. The molecular formula is C28H34N4O4. The number of phenolic OH excluding ortho intramolecular Hbond substituents is 1. The lowest BCUT2D eigenvalue weighted by molar-refractivity contribution is 0.0240. The lowest BCUT2D eigenvalue weighted by Gasteiger charge is -2.37. The van der Waals surface area contributed by atoms with Crippen LogP contribution >= 0.6 is 0 Å². The molecule has 190 valence electrons. The molecule has 36 heavy (non-hydrogen) atoms. The van der Waals surface area contributed by atoms with Crippen LogP contribution in [0.2, 0.25) is 0 Å². The molecule has 3 aromatic rings. The highest BCUT2D eigenvalue weighted by molar-refractivity contribution is 5.87. The molecule has 1 amide bonds. The van der Waals surface area contributed by atoms with E-state index in [-0.39, 0.29) is 12.0 Å². The first-order valence-electron chi connectivity index (χ1n) is 12.6. The summed E-state index contributed by atoms with van der Waals surface area (Å²) >= 11 is 0. The van der Waals surface area contributed by atoms with Crippen molar-refractivity contribution >= 4 is 22.7 Å². The van der Waals surface area contributed by atoms with Crippen molar-refractivity contribution in [1.82, 2.24) is 14.9 Å². The van der Waals surface area contributed by atoms with E-state index in [9.17, 15) is 9.90 Å². The Morgan fingerprint density at radius 1 is 1.08 bits per heavy atom. The van der Waals surface area contributed by atoms with E-state index in [4.69, 9.17) is 19.4 Å². The minimum absolute atomic E-state index is 0.242. The molecule has 1 N–H and O–H groups in total. The average Bonchev–Trinajstić information content (AvgIpc) is 2.86. The first-order chi connectivity index (χ1) is 17.2. The zero-order valence-electron chi connectivity index (χ0n) is 21.5. The molecule has 1 saturated heterocycles. The number of aromatic nitrogens is 2. The van der Waals surface area contributed by atoms with Crippen LogP contribution in [-0.4, -0.2) is 65.0 Å². The highest BCUT2D eigenvalue weighted by Gasteiger charge is 2.31. The molecule has 2 aliphatic rings. The second kappa shape index (κ2) is 9.48. The van der Waals surface area contributed by atoms with Crippen LogP contribution in [0.4, 0.5) is 10.6 Å². The molecule has 2 heterocycles. The van der Waals surface area contributed by atoms with Gasteiger partial charge in [0.05, 0.1) is 12.8 Å². The number of nitrogens with zero attached hydrogens (tertiary/aromatic N) is 4. The summed E-state index contributed by atoms with van der Waals surface area (Å²) in [4.78, 5) is 26.0. The first-order valence-corrected chi connectivity index (χ1v) is 12.6. The van der Waals surface area contributed by atoms with Gasteiger partial charge in [0.25, 0.3) is 0 Å². The molecule has 2 aromatic carbocycles. The van der Waals surface area contributed by atoms with Gasteiger partial charge in [0.15, 0.2) is 0 Å². The Kier molecular flexibility index (Phi) is 6.36. The van der Waals surface area contributed by atoms with Crippen LogP contribution in [0.5, 0.6) is 11.8 Å². The van der Waals surface area contributed by atoms with E-state index in [1.807, 2.05) is 51.1 Å². The van der Waals surface area contributed by atoms with Crippen LogP contribution in [0, 0.1) is 0 Å². The normalized spacial score (nSPS) is 18.2. The molecule has 1 fully saturated rings. The molecule has 1 aliphatic heterocycles. The van der Waals surface area contributed by atoms with Crippen LogP contribution in [0.3, 0.4) is 0 Å². The smallest absolute Gasteiger partial charge is 0.410 e. The van der Waals surface area contributed by atoms with Gasteiger partial charge in [-0.05, 0) is 74.4 Å². The lowest BCUT2D eigenvalue weighted by Crippen LogP contribution is -2.50. The maximum absolute atomic E-state index is 12.5. The van der Waals surface area contributed by atoms with Crippen molar-refractivity contribution in [3.05, 3.63) is 53.2 Å². The topological polar surface area (TPSA) is 88.0 Å². The summed E-state index contributed by atoms with van der Waals surface area (Å²) in [5.74, 6) is 1.43. The quantitative estimate of drug-likeness (QED) is 0.571. The summed E-state index contributed by atoms with van der Waals surface area (Å²) in [5, 5.41) is 12.6. The molecule has 1 atom stereocenters. The van der Waals surface area contributed by atoms with E-state index in [0.717, 1.165) is 47.3 Å². The van der Waals surface area contributed by atoms with Crippen molar-refractivity contribution in [2.75, 3.05) is 38.2 Å². The van der Waals surface area contributed by atoms with Crippen molar-refractivity contribution < 1.29 is 19.4 Å². The van der Waals surface area contributed by atoms with E-state index in [1.54, 1.807) is 12.0 Å². The third-order valence-electron chi connectivity index (χ3n) is 6.96. The van der Waals surface area contributed by atoms with Gasteiger partial charge in [-0.15, -0.1) is 0 Å². The summed E-state index contributed by atoms with van der Waals surface area (Å²) in [6, 6.07) is 12.3. The lowest BCUT2D eigenvalue weighted by atomic mass is 9.80. The van der Waals surface area contributed by atoms with Crippen LogP contribution in [0.1, 0.15) is 49.9 Å². The Bertz CT molecular complexity index is 1280. The summed E-state index contributed by atoms with van der Waals surface area (Å²) < 4.78 is 11.0. The number of hydrogen-bond acceptors (Lipinski definition) is 7. The second-order valence-corrected chi connectivity index (χ2v) is 10.6. The van der Waals surface area contributed by atoms with E-state index in [0.29, 0.717) is 37.9 Å². The first kappa shape index (κ1) is 24.2. The zero-order chi connectivity index (χ0) is 25.4. The number of benzene rings is 2. The number of carbonyl (C=O) groups excluding carboxylic acids is 1. The molecule has 0 saturated carbocycles. The fourth-order valence-corrected chi connectivity index (χ4v) is 5.28. The van der Waals surface area contributed by atoms with Crippen LogP contribution in [-0.2, 0) is 17.6 Å². The summed E-state index contributed by atoms with van der Waals surface area (Å²) in [6.07, 6.45) is 2.27. The number of amides is 1. The van der Waals surface area contributed by atoms with Crippen LogP contribution in [0.25, 0.3) is 10.8 Å². The molecule has 8 nitrogen and oxygen atoms in total. The van der Waals surface area contributed by atoms with Gasteiger partial charge in [0.1, 0.15) is 17.2 Å². The predicted molar refractivity (Wildman–Crippen MR) is 139 cm³/mol. The molecule has 1 unspecified atom stereocenters. The van der Waals surface area contributed by atoms with Crippen LogP contribution < -0.4 is 9.64 Å². The van der Waals surface area contributed by atoms with Gasteiger partial charge in [0.2, 0.25) is 0 Å². The van der Waals surface area contributed by atoms with Gasteiger partial charge in [-0.1, -0.05) is 24.3 Å². The molecule has 1 aliphatic carbocycles. The van der Waals surface area contributed by atoms with Crippen molar-refractivity contribution in [2.24, 2.45) is 0 Å². The maximum Gasteiger partial charge on any atom is 0.410 e. The Morgan fingerprint density at radius 3 is 2.56 bits per heavy atom. The average molecular weight is 491 g/mol. The third-order valence-corrected chi connectivity index (χ3v) is 6.96. The Hall–Kier alpha value is -3.55. The monoisotopic (exact) mass is 490 g/mol. The second-order valence-electron chi connectivity index (χ2n) is 10.6. The number of aromatic hydroxyl groups is 1. The Balaban J connectivity index is 1.39. The number of phenols is 1. The van der Waals surface area contributed by atoms with Crippen LogP contribution in [0.15, 0.2) is 36.4 Å². The number of rotatable bonds is 3. The van der Waals surface area contributed by atoms with Crippen molar-refractivity contribution in [2.45, 2.75) is 51.6 Å². The van der Waals surface area contributed by atoms with Gasteiger partial charge >= 0.3 is 12.1 Å². The predicted octanol–water partition coefficient (Wildman–Crippen LogP) is 4.67. The number of ether oxygens (including phenoxy) is 2. The van der Waals surface area contributed by atoms with Gasteiger partial charge in [-0.3, -0.25) is 0 Å². The van der Waals surface area contributed by atoms with Gasteiger partial charge in [-0.25, -0.2) is 4.79 Å². The fraction of sp³-hybridized carbons (Fsp3) is 0.464. The summed E-state index contributed by atoms with van der Waals surface area (Å²) in [6.45, 7) is 8.15. The highest BCUT2D eigenvalue weighted by atomic mass is 16.6. The van der Waals surface area contributed by atoms with E-state index in [2.05, 4.69) is 11.0 Å². The highest BCUT2D eigenvalue weighted by Crippen LogP contribution is 2.40. The van der Waals surface area contributed by atoms with Gasteiger partial charge in [-0.2, -0.15) is 9.97 Å². The molecule has 1 aromatic heterocycles. The van der Waals surface area contributed by atoms with Gasteiger partial charge in [0, 0.05) is 31.7 Å². The van der Waals surface area contributed by atoms with E-state index < -0.39 is 5.60 Å². The molecule has 0 spiro atoms. The van der Waals surface area contributed by atoms with Gasteiger partial charge < -0.3 is 24.4 Å².